The van der Waals surface area contributed by atoms with Crippen molar-refractivity contribution >= 4 is 17.5 Å². The van der Waals surface area contributed by atoms with Crippen LogP contribution in [0.3, 0.4) is 0 Å². The molecule has 2 aliphatic rings. The molecule has 2 aromatic rings. The van der Waals surface area contributed by atoms with E-state index < -0.39 is 10.5 Å². The number of imidazole rings is 1. The fourth-order valence-corrected chi connectivity index (χ4v) is 3.98. The topological polar surface area (TPSA) is 109 Å². The third-order valence-electron chi connectivity index (χ3n) is 5.62. The van der Waals surface area contributed by atoms with Gasteiger partial charge in [-0.15, -0.1) is 0 Å². The lowest BCUT2D eigenvalue weighted by atomic mass is 9.96. The second-order valence-corrected chi connectivity index (χ2v) is 8.11. The van der Waals surface area contributed by atoms with Gasteiger partial charge in [-0.3, -0.25) is 9.36 Å². The normalized spacial score (nSPS) is 20.8. The molecule has 1 atom stereocenters. The first-order valence-electron chi connectivity index (χ1n) is 10.4. The lowest BCUT2D eigenvalue weighted by Gasteiger charge is -2.32. The summed E-state index contributed by atoms with van der Waals surface area (Å²) in [5, 5.41) is 10.8. The number of carbonyl (C=O) groups excluding carboxylic acids is 1. The van der Waals surface area contributed by atoms with Gasteiger partial charge in [0.15, 0.2) is 5.60 Å². The van der Waals surface area contributed by atoms with E-state index in [2.05, 4.69) is 9.88 Å². The number of hydrogen-bond acceptors (Lipinski definition) is 8. The average Bonchev–Trinajstić information content (AvgIpc) is 3.29. The van der Waals surface area contributed by atoms with Gasteiger partial charge in [-0.25, -0.2) is 0 Å². The summed E-state index contributed by atoms with van der Waals surface area (Å²) in [4.78, 5) is 28.3. The second kappa shape index (κ2) is 8.44. The maximum absolute atomic E-state index is 11.9. The SMILES string of the molecule is CCOC(=O)C1CCN(c2ccc(OCC3(C)Cn4cc([N+](=O)[O-])nc4O3)cc2)CC1. The van der Waals surface area contributed by atoms with Crippen LogP contribution in [-0.2, 0) is 16.1 Å². The van der Waals surface area contributed by atoms with Gasteiger partial charge < -0.3 is 29.2 Å². The van der Waals surface area contributed by atoms with Crippen molar-refractivity contribution in [2.75, 3.05) is 31.2 Å². The van der Waals surface area contributed by atoms with Crippen LogP contribution in [0.15, 0.2) is 30.5 Å². The van der Waals surface area contributed by atoms with E-state index in [1.54, 1.807) is 4.57 Å². The van der Waals surface area contributed by atoms with Gasteiger partial charge in [-0.1, -0.05) is 0 Å². The van der Waals surface area contributed by atoms with Crippen molar-refractivity contribution in [1.29, 1.82) is 0 Å². The first-order chi connectivity index (χ1) is 14.9. The van der Waals surface area contributed by atoms with Crippen LogP contribution in [0.25, 0.3) is 0 Å². The molecule has 0 bridgehead atoms. The van der Waals surface area contributed by atoms with E-state index in [9.17, 15) is 14.9 Å². The number of piperidine rings is 1. The van der Waals surface area contributed by atoms with Crippen LogP contribution >= 0.6 is 0 Å². The largest absolute Gasteiger partial charge is 0.489 e. The van der Waals surface area contributed by atoms with Gasteiger partial charge in [0.1, 0.15) is 18.6 Å². The zero-order valence-electron chi connectivity index (χ0n) is 17.7. The molecule has 0 radical (unpaired) electrons. The predicted molar refractivity (Wildman–Crippen MR) is 111 cm³/mol. The number of benzene rings is 1. The van der Waals surface area contributed by atoms with Crippen molar-refractivity contribution in [3.05, 3.63) is 40.6 Å². The molecule has 1 unspecified atom stereocenters. The molecular weight excluding hydrogens is 404 g/mol. The number of hydrogen-bond donors (Lipinski definition) is 0. The molecule has 0 saturated carbocycles. The van der Waals surface area contributed by atoms with Crippen molar-refractivity contribution in [3.63, 3.8) is 0 Å². The average molecular weight is 430 g/mol. The number of carbonyl (C=O) groups is 1. The van der Waals surface area contributed by atoms with E-state index in [4.69, 9.17) is 14.2 Å². The molecule has 166 valence electrons. The Hall–Kier alpha value is -3.30. The smallest absolute Gasteiger partial charge is 0.415 e. The van der Waals surface area contributed by atoms with Crippen molar-refractivity contribution < 1.29 is 23.9 Å². The highest BCUT2D eigenvalue weighted by Gasteiger charge is 2.41. The highest BCUT2D eigenvalue weighted by Crippen LogP contribution is 2.32. The molecule has 3 heterocycles. The number of ether oxygens (including phenoxy) is 3. The fourth-order valence-electron chi connectivity index (χ4n) is 3.98. The molecule has 2 aliphatic heterocycles. The molecule has 10 heteroatoms. The van der Waals surface area contributed by atoms with Gasteiger partial charge in [0.05, 0.1) is 19.1 Å². The summed E-state index contributed by atoms with van der Waals surface area (Å²) >= 11 is 0. The molecule has 1 fully saturated rings. The minimum atomic E-state index is -0.648. The zero-order valence-corrected chi connectivity index (χ0v) is 17.7. The minimum absolute atomic E-state index is 0.0120. The third-order valence-corrected chi connectivity index (χ3v) is 5.62. The fraction of sp³-hybridized carbons (Fsp3) is 0.524. The molecule has 0 aliphatic carbocycles. The van der Waals surface area contributed by atoms with E-state index in [1.165, 1.54) is 6.20 Å². The number of aromatic nitrogens is 2. The van der Waals surface area contributed by atoms with Crippen LogP contribution in [0.2, 0.25) is 0 Å². The van der Waals surface area contributed by atoms with Crippen LogP contribution < -0.4 is 14.4 Å². The Balaban J connectivity index is 1.28. The van der Waals surface area contributed by atoms with Gasteiger partial charge in [0.2, 0.25) is 0 Å². The van der Waals surface area contributed by atoms with Gasteiger partial charge in [-0.2, -0.15) is 0 Å². The van der Waals surface area contributed by atoms with E-state index in [0.717, 1.165) is 31.6 Å². The van der Waals surface area contributed by atoms with E-state index in [-0.39, 0.29) is 30.3 Å². The van der Waals surface area contributed by atoms with Crippen molar-refractivity contribution in [1.82, 2.24) is 9.55 Å². The standard InChI is InChI=1S/C21H26N4O6/c1-3-29-19(26)15-8-10-23(11-9-15)16-4-6-17(7-5-16)30-14-21(2)13-24-12-18(25(27)28)22-20(24)31-21/h4-7,12,15H,3,8-11,13-14H2,1-2H3. The molecule has 1 aromatic carbocycles. The summed E-state index contributed by atoms with van der Waals surface area (Å²) in [5.41, 5.74) is 0.441. The van der Waals surface area contributed by atoms with Gasteiger partial charge >= 0.3 is 17.8 Å². The molecule has 31 heavy (non-hydrogen) atoms. The summed E-state index contributed by atoms with van der Waals surface area (Å²) in [6, 6.07) is 8.07. The summed E-state index contributed by atoms with van der Waals surface area (Å²) in [5.74, 6) is 0.387. The molecular formula is C21H26N4O6. The summed E-state index contributed by atoms with van der Waals surface area (Å²) in [7, 11) is 0. The summed E-state index contributed by atoms with van der Waals surface area (Å²) < 4.78 is 18.5. The molecule has 4 rings (SSSR count). The summed E-state index contributed by atoms with van der Waals surface area (Å²) in [6.45, 7) is 6.48. The molecule has 1 aromatic heterocycles. The van der Waals surface area contributed by atoms with Gasteiger partial charge in [0.25, 0.3) is 0 Å². The van der Waals surface area contributed by atoms with Crippen molar-refractivity contribution in [2.24, 2.45) is 5.92 Å². The van der Waals surface area contributed by atoms with E-state index in [1.807, 2.05) is 38.1 Å². The molecule has 0 spiro atoms. The summed E-state index contributed by atoms with van der Waals surface area (Å²) in [6.07, 6.45) is 2.96. The van der Waals surface area contributed by atoms with Crippen LogP contribution in [0.5, 0.6) is 11.8 Å². The molecule has 10 nitrogen and oxygen atoms in total. The van der Waals surface area contributed by atoms with E-state index in [0.29, 0.717) is 18.9 Å². The van der Waals surface area contributed by atoms with Crippen LogP contribution in [0.1, 0.15) is 26.7 Å². The highest BCUT2D eigenvalue weighted by atomic mass is 16.6. The monoisotopic (exact) mass is 430 g/mol. The maximum Gasteiger partial charge on any atom is 0.415 e. The first kappa shape index (κ1) is 21.0. The Kier molecular flexibility index (Phi) is 5.71. The van der Waals surface area contributed by atoms with Gasteiger partial charge in [-0.05, 0) is 55.9 Å². The van der Waals surface area contributed by atoms with Gasteiger partial charge in [0, 0.05) is 23.8 Å². The number of fused-ring (bicyclic) bond motifs is 1. The van der Waals surface area contributed by atoms with Crippen molar-refractivity contribution in [2.45, 2.75) is 38.8 Å². The number of esters is 1. The molecule has 1 saturated heterocycles. The Labute approximate surface area is 179 Å². The van der Waals surface area contributed by atoms with Crippen LogP contribution in [0, 0.1) is 16.0 Å². The third kappa shape index (κ3) is 4.57. The Morgan fingerprint density at radius 1 is 1.32 bits per heavy atom. The maximum atomic E-state index is 11.9. The minimum Gasteiger partial charge on any atom is -0.489 e. The first-order valence-corrected chi connectivity index (χ1v) is 10.4. The Bertz CT molecular complexity index is 926. The van der Waals surface area contributed by atoms with Crippen LogP contribution in [-0.4, -0.2) is 52.3 Å². The number of anilines is 1. The Morgan fingerprint density at radius 2 is 2.03 bits per heavy atom. The van der Waals surface area contributed by atoms with Crippen LogP contribution in [0.4, 0.5) is 11.5 Å². The van der Waals surface area contributed by atoms with E-state index >= 15 is 0 Å². The quantitative estimate of drug-likeness (QED) is 0.375. The molecule has 0 amide bonds. The number of nitro groups is 1. The second-order valence-electron chi connectivity index (χ2n) is 8.11. The zero-order chi connectivity index (χ0) is 22.0. The highest BCUT2D eigenvalue weighted by molar-refractivity contribution is 5.72. The van der Waals surface area contributed by atoms with Crippen molar-refractivity contribution in [3.8, 4) is 11.8 Å². The number of rotatable bonds is 7. The lowest BCUT2D eigenvalue weighted by Crippen LogP contribution is -2.38. The predicted octanol–water partition coefficient (Wildman–Crippen LogP) is 2.80. The lowest BCUT2D eigenvalue weighted by molar-refractivity contribution is -0.389. The number of nitrogens with zero attached hydrogens (tertiary/aromatic N) is 4. The Morgan fingerprint density at radius 3 is 2.65 bits per heavy atom. The molecule has 0 N–H and O–H groups in total.